The molecule has 2 aromatic rings. The number of hydrogen-bond donors (Lipinski definition) is 1. The highest BCUT2D eigenvalue weighted by atomic mass is 16.5. The Hall–Kier alpha value is -2.56. The van der Waals surface area contributed by atoms with Crippen molar-refractivity contribution in [1.29, 1.82) is 0 Å². The maximum atomic E-state index is 11.4. The summed E-state index contributed by atoms with van der Waals surface area (Å²) in [4.78, 5) is 15.5. The van der Waals surface area contributed by atoms with E-state index >= 15 is 0 Å². The van der Waals surface area contributed by atoms with Gasteiger partial charge in [-0.05, 0) is 30.5 Å². The fourth-order valence-electron chi connectivity index (χ4n) is 1.87. The fourth-order valence-corrected chi connectivity index (χ4v) is 1.87. The van der Waals surface area contributed by atoms with Gasteiger partial charge in [0, 0.05) is 0 Å². The standard InChI is InChI=1S/C16H18N2O3/c1-20-16(19)14-10-9-13(17)15(18-14)21-11-5-8-12-6-3-2-4-7-12/h2-4,6-7,9-10H,5,8,11,17H2,1H3. The van der Waals surface area contributed by atoms with Crippen molar-refractivity contribution in [3.63, 3.8) is 0 Å². The summed E-state index contributed by atoms with van der Waals surface area (Å²) in [5, 5.41) is 0. The average Bonchev–Trinajstić information content (AvgIpc) is 2.53. The molecule has 5 nitrogen and oxygen atoms in total. The normalized spacial score (nSPS) is 10.1. The van der Waals surface area contributed by atoms with Crippen molar-refractivity contribution in [1.82, 2.24) is 4.98 Å². The van der Waals surface area contributed by atoms with Crippen LogP contribution in [-0.2, 0) is 11.2 Å². The molecule has 21 heavy (non-hydrogen) atoms. The van der Waals surface area contributed by atoms with E-state index < -0.39 is 5.97 Å². The number of rotatable bonds is 6. The van der Waals surface area contributed by atoms with Crippen molar-refractivity contribution >= 4 is 11.7 Å². The Morgan fingerprint density at radius 3 is 2.67 bits per heavy atom. The van der Waals surface area contributed by atoms with Gasteiger partial charge in [0.2, 0.25) is 5.88 Å². The van der Waals surface area contributed by atoms with Gasteiger partial charge >= 0.3 is 5.97 Å². The van der Waals surface area contributed by atoms with Crippen molar-refractivity contribution in [3.05, 3.63) is 53.7 Å². The topological polar surface area (TPSA) is 74.4 Å². The highest BCUT2D eigenvalue weighted by molar-refractivity contribution is 5.87. The molecule has 0 radical (unpaired) electrons. The Balaban J connectivity index is 1.89. The Labute approximate surface area is 123 Å². The van der Waals surface area contributed by atoms with Crippen LogP contribution in [0.3, 0.4) is 0 Å². The molecular weight excluding hydrogens is 268 g/mol. The van der Waals surface area contributed by atoms with Crippen molar-refractivity contribution in [2.75, 3.05) is 19.5 Å². The number of nitrogens with zero attached hydrogens (tertiary/aromatic N) is 1. The number of esters is 1. The van der Waals surface area contributed by atoms with Crippen LogP contribution in [0.2, 0.25) is 0 Å². The minimum absolute atomic E-state index is 0.185. The van der Waals surface area contributed by atoms with Crippen molar-refractivity contribution in [2.45, 2.75) is 12.8 Å². The quantitative estimate of drug-likeness (QED) is 0.652. The number of anilines is 1. The molecule has 0 spiro atoms. The molecule has 2 rings (SSSR count). The van der Waals surface area contributed by atoms with Gasteiger partial charge in [-0.1, -0.05) is 30.3 Å². The lowest BCUT2D eigenvalue weighted by atomic mass is 10.1. The summed E-state index contributed by atoms with van der Waals surface area (Å²) in [5.74, 6) is -0.241. The third-order valence-electron chi connectivity index (χ3n) is 2.98. The molecule has 5 heteroatoms. The molecule has 0 aliphatic carbocycles. The Bertz CT molecular complexity index is 600. The average molecular weight is 286 g/mol. The van der Waals surface area contributed by atoms with Gasteiger partial charge in [0.25, 0.3) is 0 Å². The van der Waals surface area contributed by atoms with Gasteiger partial charge in [0.15, 0.2) is 5.69 Å². The number of pyridine rings is 1. The van der Waals surface area contributed by atoms with Crippen LogP contribution in [0.4, 0.5) is 5.69 Å². The molecule has 0 atom stereocenters. The minimum atomic E-state index is -0.510. The Morgan fingerprint density at radius 1 is 1.19 bits per heavy atom. The number of nitrogen functional groups attached to an aromatic ring is 1. The lowest BCUT2D eigenvalue weighted by molar-refractivity contribution is 0.0593. The third-order valence-corrected chi connectivity index (χ3v) is 2.98. The van der Waals surface area contributed by atoms with E-state index in [2.05, 4.69) is 21.9 Å². The van der Waals surface area contributed by atoms with Crippen molar-refractivity contribution < 1.29 is 14.3 Å². The monoisotopic (exact) mass is 286 g/mol. The molecule has 0 amide bonds. The van der Waals surface area contributed by atoms with E-state index in [1.54, 1.807) is 6.07 Å². The molecule has 0 saturated carbocycles. The Kier molecular flexibility index (Phi) is 5.15. The molecule has 0 aliphatic rings. The first kappa shape index (κ1) is 14.8. The fraction of sp³-hybridized carbons (Fsp3) is 0.250. The number of nitrogens with two attached hydrogens (primary N) is 1. The predicted octanol–water partition coefficient (Wildman–Crippen LogP) is 2.46. The second-order valence-electron chi connectivity index (χ2n) is 4.52. The lowest BCUT2D eigenvalue weighted by Gasteiger charge is -2.09. The number of ether oxygens (including phenoxy) is 2. The van der Waals surface area contributed by atoms with Crippen LogP contribution >= 0.6 is 0 Å². The van der Waals surface area contributed by atoms with E-state index in [1.807, 2.05) is 18.2 Å². The highest BCUT2D eigenvalue weighted by Gasteiger charge is 2.11. The van der Waals surface area contributed by atoms with E-state index in [1.165, 1.54) is 18.7 Å². The van der Waals surface area contributed by atoms with E-state index in [0.29, 0.717) is 12.3 Å². The Morgan fingerprint density at radius 2 is 1.95 bits per heavy atom. The highest BCUT2D eigenvalue weighted by Crippen LogP contribution is 2.19. The molecular formula is C16H18N2O3. The van der Waals surface area contributed by atoms with Crippen LogP contribution in [-0.4, -0.2) is 24.7 Å². The smallest absolute Gasteiger partial charge is 0.356 e. The first-order valence-electron chi connectivity index (χ1n) is 6.72. The second-order valence-corrected chi connectivity index (χ2v) is 4.52. The van der Waals surface area contributed by atoms with E-state index in [9.17, 15) is 4.79 Å². The first-order chi connectivity index (χ1) is 10.2. The summed E-state index contributed by atoms with van der Waals surface area (Å²) >= 11 is 0. The summed E-state index contributed by atoms with van der Waals surface area (Å²) in [7, 11) is 1.31. The van der Waals surface area contributed by atoms with Crippen LogP contribution in [0.25, 0.3) is 0 Å². The maximum absolute atomic E-state index is 11.4. The van der Waals surface area contributed by atoms with Gasteiger partial charge in [0.1, 0.15) is 0 Å². The zero-order chi connectivity index (χ0) is 15.1. The molecule has 0 bridgehead atoms. The van der Waals surface area contributed by atoms with E-state index in [-0.39, 0.29) is 11.6 Å². The SMILES string of the molecule is COC(=O)c1ccc(N)c(OCCCc2ccccc2)n1. The van der Waals surface area contributed by atoms with Crippen LogP contribution in [0.15, 0.2) is 42.5 Å². The van der Waals surface area contributed by atoms with Crippen LogP contribution in [0, 0.1) is 0 Å². The zero-order valence-electron chi connectivity index (χ0n) is 11.9. The van der Waals surface area contributed by atoms with Crippen LogP contribution in [0.5, 0.6) is 5.88 Å². The third kappa shape index (κ3) is 4.21. The largest absolute Gasteiger partial charge is 0.476 e. The summed E-state index contributed by atoms with van der Waals surface area (Å²) in [6.45, 7) is 0.483. The summed E-state index contributed by atoms with van der Waals surface area (Å²) in [6, 6.07) is 13.3. The second kappa shape index (κ2) is 7.28. The van der Waals surface area contributed by atoms with E-state index in [4.69, 9.17) is 10.5 Å². The van der Waals surface area contributed by atoms with Gasteiger partial charge < -0.3 is 15.2 Å². The number of carbonyl (C=O) groups is 1. The summed E-state index contributed by atoms with van der Waals surface area (Å²) in [5.41, 5.74) is 7.63. The molecule has 0 fully saturated rings. The van der Waals surface area contributed by atoms with Gasteiger partial charge in [-0.15, -0.1) is 0 Å². The molecule has 1 aromatic heterocycles. The van der Waals surface area contributed by atoms with Gasteiger partial charge in [0.05, 0.1) is 19.4 Å². The van der Waals surface area contributed by atoms with Gasteiger partial charge in [-0.3, -0.25) is 0 Å². The lowest BCUT2D eigenvalue weighted by Crippen LogP contribution is -2.09. The summed E-state index contributed by atoms with van der Waals surface area (Å²) in [6.07, 6.45) is 1.75. The van der Waals surface area contributed by atoms with Crippen molar-refractivity contribution in [3.8, 4) is 5.88 Å². The number of aryl methyl sites for hydroxylation is 1. The van der Waals surface area contributed by atoms with Crippen LogP contribution < -0.4 is 10.5 Å². The molecule has 1 aromatic carbocycles. The number of benzene rings is 1. The number of hydrogen-bond acceptors (Lipinski definition) is 5. The van der Waals surface area contributed by atoms with Gasteiger partial charge in [-0.2, -0.15) is 0 Å². The number of methoxy groups -OCH3 is 1. The maximum Gasteiger partial charge on any atom is 0.356 e. The van der Waals surface area contributed by atoms with E-state index in [0.717, 1.165) is 12.8 Å². The molecule has 0 unspecified atom stereocenters. The number of aromatic nitrogens is 1. The zero-order valence-corrected chi connectivity index (χ0v) is 11.9. The van der Waals surface area contributed by atoms with Gasteiger partial charge in [-0.25, -0.2) is 9.78 Å². The first-order valence-corrected chi connectivity index (χ1v) is 6.72. The van der Waals surface area contributed by atoms with Crippen molar-refractivity contribution in [2.24, 2.45) is 0 Å². The predicted molar refractivity (Wildman–Crippen MR) is 80.2 cm³/mol. The molecule has 1 heterocycles. The minimum Gasteiger partial charge on any atom is -0.476 e. The number of carbonyl (C=O) groups excluding carboxylic acids is 1. The molecule has 0 saturated heterocycles. The summed E-state index contributed by atoms with van der Waals surface area (Å²) < 4.78 is 10.2. The van der Waals surface area contributed by atoms with Crippen LogP contribution in [0.1, 0.15) is 22.5 Å². The molecule has 0 aliphatic heterocycles. The molecule has 2 N–H and O–H groups in total. The molecule has 110 valence electrons.